The molecule has 2 fully saturated rings. The number of aliphatic hydroxyl groups is 1. The van der Waals surface area contributed by atoms with Crippen LogP contribution in [0.5, 0.6) is 5.75 Å². The molecule has 1 aromatic carbocycles. The van der Waals surface area contributed by atoms with Crippen molar-refractivity contribution in [3.63, 3.8) is 0 Å². The number of rotatable bonds is 6. The first-order chi connectivity index (χ1) is 15.6. The molecule has 1 amide bonds. The van der Waals surface area contributed by atoms with Gasteiger partial charge in [0.05, 0.1) is 36.9 Å². The Morgan fingerprint density at radius 2 is 2.06 bits per heavy atom. The number of carbonyl (C=O) groups excluding carboxylic acids is 1. The van der Waals surface area contributed by atoms with Crippen LogP contribution in [-0.2, 0) is 17.7 Å². The van der Waals surface area contributed by atoms with E-state index in [0.717, 1.165) is 48.3 Å². The summed E-state index contributed by atoms with van der Waals surface area (Å²) in [4.78, 5) is 23.2. The summed E-state index contributed by atoms with van der Waals surface area (Å²) >= 11 is 0. The van der Waals surface area contributed by atoms with E-state index in [1.54, 1.807) is 16.9 Å². The average Bonchev–Trinajstić information content (AvgIpc) is 3.35. The Balaban J connectivity index is 1.61. The van der Waals surface area contributed by atoms with Gasteiger partial charge in [-0.1, -0.05) is 6.92 Å². The van der Waals surface area contributed by atoms with Gasteiger partial charge in [-0.25, -0.2) is 19.4 Å². The van der Waals surface area contributed by atoms with Gasteiger partial charge >= 0.3 is 6.09 Å². The number of aromatic nitrogens is 4. The van der Waals surface area contributed by atoms with E-state index < -0.39 is 6.09 Å². The smallest absolute Gasteiger partial charge is 0.409 e. The Morgan fingerprint density at radius 3 is 2.75 bits per heavy atom. The van der Waals surface area contributed by atoms with Crippen molar-refractivity contribution in [1.82, 2.24) is 19.7 Å². The van der Waals surface area contributed by atoms with Crippen LogP contribution in [0.1, 0.15) is 25.3 Å². The van der Waals surface area contributed by atoms with Crippen molar-refractivity contribution in [2.45, 2.75) is 44.9 Å². The number of fused-ring (bicyclic) bond motifs is 3. The van der Waals surface area contributed by atoms with Gasteiger partial charge < -0.3 is 25.2 Å². The molecule has 32 heavy (non-hydrogen) atoms. The Bertz CT molecular complexity index is 1150. The van der Waals surface area contributed by atoms with E-state index in [1.807, 2.05) is 19.1 Å². The number of hydrogen-bond donors (Lipinski definition) is 2. The van der Waals surface area contributed by atoms with Crippen LogP contribution >= 0.6 is 0 Å². The minimum atomic E-state index is -0.845. The third kappa shape index (κ3) is 3.76. The molecule has 3 N–H and O–H groups in total. The quantitative estimate of drug-likeness (QED) is 0.597. The highest BCUT2D eigenvalue weighted by atomic mass is 16.5. The van der Waals surface area contributed by atoms with Crippen LogP contribution in [0.25, 0.3) is 22.4 Å². The van der Waals surface area contributed by atoms with Crippen LogP contribution in [0.15, 0.2) is 24.4 Å². The second kappa shape index (κ2) is 8.36. The molecular weight excluding hydrogens is 412 g/mol. The summed E-state index contributed by atoms with van der Waals surface area (Å²) in [5.41, 5.74) is 7.50. The molecule has 4 heterocycles. The zero-order chi connectivity index (χ0) is 22.2. The zero-order valence-electron chi connectivity index (χ0n) is 17.9. The SMILES string of the molecule is CCc1cc(-c2nc(N3CC4CCC(C3)O4)c3cnn(CCO)c3n2)ccc1OC(N)=O. The lowest BCUT2D eigenvalue weighted by molar-refractivity contribution is 0.0303. The molecule has 2 saturated heterocycles. The second-order valence-corrected chi connectivity index (χ2v) is 8.16. The summed E-state index contributed by atoms with van der Waals surface area (Å²) in [6.07, 6.45) is 4.13. The van der Waals surface area contributed by atoms with E-state index in [2.05, 4.69) is 10.00 Å². The van der Waals surface area contributed by atoms with Crippen molar-refractivity contribution in [2.24, 2.45) is 5.73 Å². The van der Waals surface area contributed by atoms with Gasteiger partial charge in [0.15, 0.2) is 11.5 Å². The summed E-state index contributed by atoms with van der Waals surface area (Å²) in [5.74, 6) is 1.80. The first-order valence-corrected chi connectivity index (χ1v) is 10.9. The highest BCUT2D eigenvalue weighted by Crippen LogP contribution is 2.34. The van der Waals surface area contributed by atoms with Crippen molar-refractivity contribution in [3.8, 4) is 17.1 Å². The summed E-state index contributed by atoms with van der Waals surface area (Å²) in [6.45, 7) is 3.84. The van der Waals surface area contributed by atoms with Gasteiger partial charge in [0, 0.05) is 18.7 Å². The van der Waals surface area contributed by atoms with Crippen molar-refractivity contribution < 1.29 is 19.4 Å². The summed E-state index contributed by atoms with van der Waals surface area (Å²) in [5, 5.41) is 14.8. The number of ether oxygens (including phenoxy) is 2. The zero-order valence-corrected chi connectivity index (χ0v) is 17.9. The number of carbonyl (C=O) groups is 1. The predicted octanol–water partition coefficient (Wildman–Crippen LogP) is 1.87. The molecule has 2 aliphatic heterocycles. The van der Waals surface area contributed by atoms with Gasteiger partial charge in [0.2, 0.25) is 0 Å². The number of amides is 1. The predicted molar refractivity (Wildman–Crippen MR) is 118 cm³/mol. The summed E-state index contributed by atoms with van der Waals surface area (Å²) < 4.78 is 12.8. The van der Waals surface area contributed by atoms with Crippen LogP contribution in [-0.4, -0.2) is 62.9 Å². The molecule has 0 radical (unpaired) electrons. The third-order valence-corrected chi connectivity index (χ3v) is 6.04. The molecule has 0 aliphatic carbocycles. The van der Waals surface area contributed by atoms with Crippen LogP contribution in [0, 0.1) is 0 Å². The molecule has 2 atom stereocenters. The number of anilines is 1. The molecule has 2 bridgehead atoms. The van der Waals surface area contributed by atoms with Crippen LogP contribution in [0.2, 0.25) is 0 Å². The molecule has 2 aliphatic rings. The Morgan fingerprint density at radius 1 is 1.28 bits per heavy atom. The average molecular weight is 438 g/mol. The van der Waals surface area contributed by atoms with E-state index in [-0.39, 0.29) is 18.8 Å². The number of nitrogens with two attached hydrogens (primary N) is 1. The number of aryl methyl sites for hydroxylation is 1. The molecule has 0 spiro atoms. The van der Waals surface area contributed by atoms with Crippen LogP contribution in [0.3, 0.4) is 0 Å². The fourth-order valence-electron chi connectivity index (χ4n) is 4.56. The van der Waals surface area contributed by atoms with Crippen molar-refractivity contribution in [1.29, 1.82) is 0 Å². The lowest BCUT2D eigenvalue weighted by Gasteiger charge is -2.33. The number of morpholine rings is 1. The Labute approximate surface area is 185 Å². The number of nitrogens with zero attached hydrogens (tertiary/aromatic N) is 5. The van der Waals surface area contributed by atoms with E-state index in [4.69, 9.17) is 25.2 Å². The van der Waals surface area contributed by atoms with E-state index in [9.17, 15) is 9.90 Å². The van der Waals surface area contributed by atoms with E-state index in [0.29, 0.717) is 30.2 Å². The molecule has 2 aromatic heterocycles. The maximum atomic E-state index is 11.2. The van der Waals surface area contributed by atoms with Crippen molar-refractivity contribution in [2.75, 3.05) is 24.6 Å². The third-order valence-electron chi connectivity index (χ3n) is 6.04. The fraction of sp³-hybridized carbons (Fsp3) is 0.455. The first-order valence-electron chi connectivity index (χ1n) is 10.9. The van der Waals surface area contributed by atoms with Crippen LogP contribution < -0.4 is 15.4 Å². The Hall–Kier alpha value is -3.24. The molecular formula is C22H26N6O4. The summed E-state index contributed by atoms with van der Waals surface area (Å²) in [7, 11) is 0. The molecule has 5 rings (SSSR count). The maximum Gasteiger partial charge on any atom is 0.409 e. The highest BCUT2D eigenvalue weighted by molar-refractivity contribution is 5.89. The van der Waals surface area contributed by atoms with Crippen LogP contribution in [0.4, 0.5) is 10.6 Å². The minimum absolute atomic E-state index is 0.0354. The van der Waals surface area contributed by atoms with E-state index >= 15 is 0 Å². The normalized spacial score (nSPS) is 20.1. The van der Waals surface area contributed by atoms with Crippen molar-refractivity contribution in [3.05, 3.63) is 30.0 Å². The fourth-order valence-corrected chi connectivity index (χ4v) is 4.56. The molecule has 168 valence electrons. The van der Waals surface area contributed by atoms with Gasteiger partial charge in [0.25, 0.3) is 0 Å². The minimum Gasteiger partial charge on any atom is -0.410 e. The molecule has 10 heteroatoms. The number of primary amides is 1. The second-order valence-electron chi connectivity index (χ2n) is 8.16. The topological polar surface area (TPSA) is 129 Å². The monoisotopic (exact) mass is 438 g/mol. The first kappa shape index (κ1) is 20.7. The highest BCUT2D eigenvalue weighted by Gasteiger charge is 2.35. The van der Waals surface area contributed by atoms with Crippen molar-refractivity contribution >= 4 is 22.9 Å². The lowest BCUT2D eigenvalue weighted by atomic mass is 10.1. The van der Waals surface area contributed by atoms with Gasteiger partial charge in [0.1, 0.15) is 11.6 Å². The standard InChI is InChI=1S/C22H26N6O4/c1-2-13-9-14(3-6-18(13)32-22(23)30)19-25-20(27-11-15-4-5-16(12-27)31-15)17-10-24-28(7-8-29)21(17)26-19/h3,6,9-10,15-16,29H,2,4-5,7-8,11-12H2,1H3,(H2,23,30). The number of hydrogen-bond acceptors (Lipinski definition) is 8. The summed E-state index contributed by atoms with van der Waals surface area (Å²) in [6, 6.07) is 5.45. The van der Waals surface area contributed by atoms with Gasteiger partial charge in [-0.15, -0.1) is 0 Å². The lowest BCUT2D eigenvalue weighted by Crippen LogP contribution is -2.43. The van der Waals surface area contributed by atoms with Gasteiger partial charge in [-0.2, -0.15) is 5.10 Å². The van der Waals surface area contributed by atoms with Gasteiger partial charge in [-0.3, -0.25) is 0 Å². The maximum absolute atomic E-state index is 11.2. The molecule has 10 nitrogen and oxygen atoms in total. The number of benzene rings is 1. The molecule has 3 aromatic rings. The number of aliphatic hydroxyl groups excluding tert-OH is 1. The largest absolute Gasteiger partial charge is 0.410 e. The molecule has 0 saturated carbocycles. The molecule has 2 unspecified atom stereocenters. The van der Waals surface area contributed by atoms with Gasteiger partial charge in [-0.05, 0) is 43.0 Å². The van der Waals surface area contributed by atoms with E-state index in [1.165, 1.54) is 0 Å². The Kier molecular flexibility index (Phi) is 5.40.